The topological polar surface area (TPSA) is 53.5 Å². The number of halogens is 5. The van der Waals surface area contributed by atoms with Crippen LogP contribution in [0.2, 0.25) is 5.02 Å². The van der Waals surface area contributed by atoms with Gasteiger partial charge in [0, 0.05) is 30.4 Å². The Morgan fingerprint density at radius 2 is 1.97 bits per heavy atom. The number of aryl methyl sites for hydroxylation is 1. The van der Waals surface area contributed by atoms with E-state index in [2.05, 4.69) is 11.6 Å². The molecule has 1 aromatic carbocycles. The van der Waals surface area contributed by atoms with Crippen molar-refractivity contribution < 1.29 is 27.2 Å². The second kappa shape index (κ2) is 7.71. The number of amides is 2. The van der Waals surface area contributed by atoms with Crippen LogP contribution in [0.5, 0.6) is 0 Å². The molecular weight excluding hydrogens is 426 g/mol. The number of benzene rings is 1. The summed E-state index contributed by atoms with van der Waals surface area (Å²) in [6.07, 6.45) is -4.74. The maximum Gasteiger partial charge on any atom is 0.416 e. The number of likely N-dealkylation sites (N-methyl/N-ethyl adjacent to an activating group) is 1. The molecule has 10 heteroatoms. The highest BCUT2D eigenvalue weighted by Crippen LogP contribution is 2.35. The maximum atomic E-state index is 13.4. The number of anilines is 2. The first-order valence-electron chi connectivity index (χ1n) is 8.70. The van der Waals surface area contributed by atoms with Crippen LogP contribution in [0, 0.1) is 12.7 Å². The molecule has 0 spiro atoms. The maximum absolute atomic E-state index is 13.4. The molecule has 0 bridgehead atoms. The summed E-state index contributed by atoms with van der Waals surface area (Å²) in [5.74, 6) is -2.27. The summed E-state index contributed by atoms with van der Waals surface area (Å²) in [5.41, 5.74) is -0.629. The molecule has 3 rings (SSSR count). The third-order valence-electron chi connectivity index (χ3n) is 4.69. The molecule has 0 radical (unpaired) electrons. The fourth-order valence-corrected chi connectivity index (χ4v) is 3.34. The molecule has 1 saturated heterocycles. The van der Waals surface area contributed by atoms with Crippen molar-refractivity contribution in [1.82, 2.24) is 4.98 Å². The summed E-state index contributed by atoms with van der Waals surface area (Å²) in [6.45, 7) is 4.97. The molecule has 1 atom stereocenters. The Bertz CT molecular complexity index is 1050. The number of carbonyl (C=O) groups is 2. The van der Waals surface area contributed by atoms with Gasteiger partial charge in [0.25, 0.3) is 5.91 Å². The van der Waals surface area contributed by atoms with Gasteiger partial charge in [-0.15, -0.1) is 0 Å². The normalized spacial score (nSPS) is 16.9. The Kier molecular flexibility index (Phi) is 5.60. The standard InChI is InChI=1S/C20H16ClF4N3O2/c1-10-6-16(19(30)27(3)13-4-5-15(22)14(21)9-13)28(18(10)29)17-8-12(20(23,24)25)7-11(2)26-17/h4-5,7-9,16H,1,6H2,2-3H3/t16-/m0/s1. The van der Waals surface area contributed by atoms with Crippen molar-refractivity contribution >= 4 is 34.9 Å². The first-order chi connectivity index (χ1) is 13.9. The predicted molar refractivity (Wildman–Crippen MR) is 104 cm³/mol. The first kappa shape index (κ1) is 21.8. The van der Waals surface area contributed by atoms with E-state index >= 15 is 0 Å². The lowest BCUT2D eigenvalue weighted by molar-refractivity contribution is -0.137. The zero-order chi connectivity index (χ0) is 22.4. The molecule has 1 aromatic heterocycles. The Labute approximate surface area is 174 Å². The van der Waals surface area contributed by atoms with E-state index in [1.165, 1.54) is 26.1 Å². The second-order valence-electron chi connectivity index (χ2n) is 6.85. The zero-order valence-corrected chi connectivity index (χ0v) is 16.7. The third kappa shape index (κ3) is 4.02. The van der Waals surface area contributed by atoms with Crippen LogP contribution in [-0.2, 0) is 15.8 Å². The Morgan fingerprint density at radius 1 is 1.30 bits per heavy atom. The Hall–Kier alpha value is -2.94. The molecule has 0 N–H and O–H groups in total. The zero-order valence-electron chi connectivity index (χ0n) is 15.9. The average Bonchev–Trinajstić information content (AvgIpc) is 2.96. The minimum absolute atomic E-state index is 0.0370. The largest absolute Gasteiger partial charge is 0.416 e. The van der Waals surface area contributed by atoms with E-state index in [1.54, 1.807) is 0 Å². The lowest BCUT2D eigenvalue weighted by Gasteiger charge is -2.28. The molecule has 1 fully saturated rings. The number of carbonyl (C=O) groups excluding carboxylic acids is 2. The molecule has 30 heavy (non-hydrogen) atoms. The second-order valence-corrected chi connectivity index (χ2v) is 7.25. The van der Waals surface area contributed by atoms with E-state index in [9.17, 15) is 27.2 Å². The van der Waals surface area contributed by atoms with Gasteiger partial charge in [0.05, 0.1) is 10.6 Å². The number of hydrogen-bond donors (Lipinski definition) is 0. The minimum Gasteiger partial charge on any atom is -0.314 e. The van der Waals surface area contributed by atoms with E-state index < -0.39 is 35.4 Å². The van der Waals surface area contributed by atoms with E-state index in [1.807, 2.05) is 0 Å². The summed E-state index contributed by atoms with van der Waals surface area (Å²) in [7, 11) is 1.39. The number of rotatable bonds is 3. The minimum atomic E-state index is -4.65. The molecule has 0 aliphatic carbocycles. The van der Waals surface area contributed by atoms with Gasteiger partial charge in [0.1, 0.15) is 17.7 Å². The quantitative estimate of drug-likeness (QED) is 0.519. The van der Waals surface area contributed by atoms with Gasteiger partial charge in [0.2, 0.25) is 5.91 Å². The molecule has 158 valence electrons. The molecule has 1 aliphatic heterocycles. The monoisotopic (exact) mass is 441 g/mol. The summed E-state index contributed by atoms with van der Waals surface area (Å²) in [4.78, 5) is 31.8. The van der Waals surface area contributed by atoms with Crippen molar-refractivity contribution in [2.24, 2.45) is 0 Å². The van der Waals surface area contributed by atoms with Crippen LogP contribution in [0.1, 0.15) is 17.7 Å². The van der Waals surface area contributed by atoms with Gasteiger partial charge < -0.3 is 4.90 Å². The Balaban J connectivity index is 2.01. The van der Waals surface area contributed by atoms with Crippen molar-refractivity contribution in [2.75, 3.05) is 16.8 Å². The number of hydrogen-bond acceptors (Lipinski definition) is 3. The molecule has 5 nitrogen and oxygen atoms in total. The summed E-state index contributed by atoms with van der Waals surface area (Å²) >= 11 is 5.76. The highest BCUT2D eigenvalue weighted by Gasteiger charge is 2.43. The van der Waals surface area contributed by atoms with Crippen LogP contribution in [0.25, 0.3) is 0 Å². The van der Waals surface area contributed by atoms with Crippen molar-refractivity contribution in [1.29, 1.82) is 0 Å². The molecular formula is C20H16ClF4N3O2. The van der Waals surface area contributed by atoms with Gasteiger partial charge in [-0.1, -0.05) is 18.2 Å². The van der Waals surface area contributed by atoms with Gasteiger partial charge in [-0.3, -0.25) is 14.5 Å². The molecule has 2 aromatic rings. The van der Waals surface area contributed by atoms with Crippen LogP contribution >= 0.6 is 11.6 Å². The van der Waals surface area contributed by atoms with Crippen LogP contribution in [0.3, 0.4) is 0 Å². The molecule has 1 aliphatic rings. The predicted octanol–water partition coefficient (Wildman–Crippen LogP) is 4.53. The SMILES string of the molecule is C=C1C[C@@H](C(=O)N(C)c2ccc(F)c(Cl)c2)N(c2cc(C(F)(F)F)cc(C)n2)C1=O. The summed E-state index contributed by atoms with van der Waals surface area (Å²) in [5, 5.41) is -0.203. The van der Waals surface area contributed by atoms with Crippen LogP contribution in [-0.4, -0.2) is 29.9 Å². The fourth-order valence-electron chi connectivity index (χ4n) is 3.17. The summed E-state index contributed by atoms with van der Waals surface area (Å²) < 4.78 is 53.1. The van der Waals surface area contributed by atoms with E-state index in [0.29, 0.717) is 0 Å². The number of pyridine rings is 1. The van der Waals surface area contributed by atoms with Gasteiger partial charge in [-0.25, -0.2) is 9.37 Å². The number of alkyl halides is 3. The lowest BCUT2D eigenvalue weighted by atomic mass is 10.1. The smallest absolute Gasteiger partial charge is 0.314 e. The van der Waals surface area contributed by atoms with E-state index in [-0.39, 0.29) is 34.2 Å². The third-order valence-corrected chi connectivity index (χ3v) is 4.98. The highest BCUT2D eigenvalue weighted by atomic mass is 35.5. The molecule has 0 saturated carbocycles. The van der Waals surface area contributed by atoms with Crippen LogP contribution < -0.4 is 9.80 Å². The van der Waals surface area contributed by atoms with Crippen LogP contribution in [0.15, 0.2) is 42.5 Å². The lowest BCUT2D eigenvalue weighted by Crippen LogP contribution is -2.46. The van der Waals surface area contributed by atoms with Gasteiger partial charge >= 0.3 is 6.18 Å². The van der Waals surface area contributed by atoms with Gasteiger partial charge in [0.15, 0.2) is 0 Å². The fraction of sp³-hybridized carbons (Fsp3) is 0.250. The molecule has 2 amide bonds. The molecule has 0 unspecified atom stereocenters. The van der Waals surface area contributed by atoms with E-state index in [0.717, 1.165) is 28.0 Å². The van der Waals surface area contributed by atoms with Crippen LogP contribution in [0.4, 0.5) is 29.1 Å². The van der Waals surface area contributed by atoms with Gasteiger partial charge in [-0.05, 0) is 37.3 Å². The van der Waals surface area contributed by atoms with E-state index in [4.69, 9.17) is 11.6 Å². The van der Waals surface area contributed by atoms with Gasteiger partial charge in [-0.2, -0.15) is 13.2 Å². The van der Waals surface area contributed by atoms with Crippen molar-refractivity contribution in [3.8, 4) is 0 Å². The summed E-state index contributed by atoms with van der Waals surface area (Å²) in [6, 6.07) is 4.05. The number of nitrogens with zero attached hydrogens (tertiary/aromatic N) is 3. The molecule has 2 heterocycles. The average molecular weight is 442 g/mol. The first-order valence-corrected chi connectivity index (χ1v) is 9.07. The van der Waals surface area contributed by atoms with Crippen molar-refractivity contribution in [3.05, 3.63) is 64.6 Å². The van der Waals surface area contributed by atoms with Crippen molar-refractivity contribution in [2.45, 2.75) is 25.6 Å². The van der Waals surface area contributed by atoms with Crippen molar-refractivity contribution in [3.63, 3.8) is 0 Å². The highest BCUT2D eigenvalue weighted by molar-refractivity contribution is 6.31. The number of aromatic nitrogens is 1. The Morgan fingerprint density at radius 3 is 2.57 bits per heavy atom.